The van der Waals surface area contributed by atoms with Crippen molar-refractivity contribution in [1.82, 2.24) is 0 Å². The van der Waals surface area contributed by atoms with E-state index in [4.69, 9.17) is 0 Å². The molecule has 0 radical (unpaired) electrons. The lowest BCUT2D eigenvalue weighted by Crippen LogP contribution is -2.35. The number of hydrogen-bond donors (Lipinski definition) is 1. The Bertz CT molecular complexity index is 654. The topological polar surface area (TPSA) is 24.1 Å². The van der Waals surface area contributed by atoms with E-state index in [-0.39, 0.29) is 0 Å². The molecule has 19 heavy (non-hydrogen) atoms. The first-order valence-electron chi connectivity index (χ1n) is 6.34. The van der Waals surface area contributed by atoms with Crippen LogP contribution in [0.2, 0.25) is 0 Å². The number of hydrogen-bond acceptors (Lipinski definition) is 2. The van der Waals surface area contributed by atoms with Gasteiger partial charge in [0.25, 0.3) is 0 Å². The molecule has 0 saturated carbocycles. The molecule has 0 saturated heterocycles. The van der Waals surface area contributed by atoms with Crippen LogP contribution < -0.4 is 4.57 Å². The second-order valence-electron chi connectivity index (χ2n) is 4.77. The number of benzene rings is 1. The van der Waals surface area contributed by atoms with Crippen LogP contribution in [0.25, 0.3) is 10.1 Å². The minimum Gasteiger partial charge on any atom is -0.381 e. The minimum absolute atomic E-state index is 0.454. The zero-order valence-electron chi connectivity index (χ0n) is 10.8. The summed E-state index contributed by atoms with van der Waals surface area (Å²) >= 11 is 1.66. The van der Waals surface area contributed by atoms with Gasteiger partial charge < -0.3 is 5.11 Å². The number of aromatic nitrogens is 1. The monoisotopic (exact) mass is 270 g/mol. The molecule has 96 valence electrons. The van der Waals surface area contributed by atoms with Gasteiger partial charge in [0.15, 0.2) is 18.9 Å². The highest BCUT2D eigenvalue weighted by Gasteiger charge is 2.15. The quantitative estimate of drug-likeness (QED) is 0.726. The van der Waals surface area contributed by atoms with Gasteiger partial charge in [0, 0.05) is 21.7 Å². The summed E-state index contributed by atoms with van der Waals surface area (Å²) in [7, 11) is 0. The number of pyridine rings is 1. The molecule has 2 nitrogen and oxygen atoms in total. The van der Waals surface area contributed by atoms with Crippen LogP contribution in [0.1, 0.15) is 16.5 Å². The van der Waals surface area contributed by atoms with Gasteiger partial charge in [-0.15, -0.1) is 11.3 Å². The molecular weight excluding hydrogens is 254 g/mol. The molecular formula is C16H16NOS+. The van der Waals surface area contributed by atoms with Crippen molar-refractivity contribution < 1.29 is 9.67 Å². The van der Waals surface area contributed by atoms with E-state index in [0.717, 1.165) is 4.88 Å². The first-order valence-corrected chi connectivity index (χ1v) is 7.16. The van der Waals surface area contributed by atoms with E-state index in [1.165, 1.54) is 15.6 Å². The standard InChI is InChI=1S/C16H16NOS/c1-12-6-8-17(9-7-12)11-14(18)16-10-13-4-2-3-5-15(13)19-16/h2-10,14,18H,11H2,1H3/q+1. The SMILES string of the molecule is Cc1cc[n+](CC(O)c2cc3ccccc3s2)cc1. The molecule has 1 aromatic carbocycles. The summed E-state index contributed by atoms with van der Waals surface area (Å²) in [5, 5.41) is 11.5. The zero-order valence-corrected chi connectivity index (χ0v) is 11.6. The normalized spacial score (nSPS) is 12.7. The van der Waals surface area contributed by atoms with E-state index >= 15 is 0 Å². The number of aliphatic hydroxyl groups is 1. The Morgan fingerprint density at radius 3 is 2.63 bits per heavy atom. The number of rotatable bonds is 3. The summed E-state index contributed by atoms with van der Waals surface area (Å²) < 4.78 is 3.24. The largest absolute Gasteiger partial charge is 0.381 e. The molecule has 0 aliphatic heterocycles. The van der Waals surface area contributed by atoms with E-state index in [2.05, 4.69) is 37.3 Å². The van der Waals surface area contributed by atoms with Crippen LogP contribution in [0.4, 0.5) is 0 Å². The molecule has 0 bridgehead atoms. The number of aryl methyl sites for hydroxylation is 1. The average molecular weight is 270 g/mol. The first-order chi connectivity index (χ1) is 9.22. The van der Waals surface area contributed by atoms with Crippen LogP contribution in [0.5, 0.6) is 0 Å². The molecule has 1 unspecified atom stereocenters. The second-order valence-corrected chi connectivity index (χ2v) is 5.89. The van der Waals surface area contributed by atoms with Crippen molar-refractivity contribution in [1.29, 1.82) is 0 Å². The predicted octanol–water partition coefficient (Wildman–Crippen LogP) is 3.23. The van der Waals surface area contributed by atoms with Crippen LogP contribution in [-0.4, -0.2) is 5.11 Å². The lowest BCUT2D eigenvalue weighted by molar-refractivity contribution is -0.704. The summed E-state index contributed by atoms with van der Waals surface area (Å²) in [6.07, 6.45) is 3.56. The number of aliphatic hydroxyl groups excluding tert-OH is 1. The van der Waals surface area contributed by atoms with Gasteiger partial charge in [-0.25, -0.2) is 4.57 Å². The second kappa shape index (κ2) is 5.11. The summed E-state index contributed by atoms with van der Waals surface area (Å²) in [4.78, 5) is 1.02. The molecule has 3 heteroatoms. The summed E-state index contributed by atoms with van der Waals surface area (Å²) in [6.45, 7) is 2.65. The fourth-order valence-corrected chi connectivity index (χ4v) is 3.15. The van der Waals surface area contributed by atoms with Gasteiger partial charge in [-0.1, -0.05) is 18.2 Å². The van der Waals surface area contributed by atoms with Gasteiger partial charge in [-0.05, 0) is 30.0 Å². The molecule has 2 aromatic heterocycles. The van der Waals surface area contributed by atoms with Crippen molar-refractivity contribution >= 4 is 21.4 Å². The number of fused-ring (bicyclic) bond motifs is 1. The summed E-state index contributed by atoms with van der Waals surface area (Å²) in [5.74, 6) is 0. The Morgan fingerprint density at radius 2 is 1.89 bits per heavy atom. The van der Waals surface area contributed by atoms with Gasteiger partial charge in [0.05, 0.1) is 0 Å². The molecule has 1 atom stereocenters. The Hall–Kier alpha value is -1.71. The van der Waals surface area contributed by atoms with E-state index < -0.39 is 6.10 Å². The maximum Gasteiger partial charge on any atom is 0.179 e. The highest BCUT2D eigenvalue weighted by molar-refractivity contribution is 7.19. The highest BCUT2D eigenvalue weighted by atomic mass is 32.1. The highest BCUT2D eigenvalue weighted by Crippen LogP contribution is 2.29. The maximum absolute atomic E-state index is 10.3. The summed E-state index contributed by atoms with van der Waals surface area (Å²) in [6, 6.07) is 14.4. The van der Waals surface area contributed by atoms with Crippen LogP contribution in [0, 0.1) is 6.92 Å². The average Bonchev–Trinajstić information content (AvgIpc) is 2.85. The summed E-state index contributed by atoms with van der Waals surface area (Å²) in [5.41, 5.74) is 1.23. The van der Waals surface area contributed by atoms with Crippen LogP contribution in [0.3, 0.4) is 0 Å². The fourth-order valence-electron chi connectivity index (χ4n) is 2.11. The lowest BCUT2D eigenvalue weighted by Gasteiger charge is -2.04. The first kappa shape index (κ1) is 12.3. The van der Waals surface area contributed by atoms with Crippen LogP contribution in [-0.2, 0) is 6.54 Å². The van der Waals surface area contributed by atoms with Gasteiger partial charge in [-0.2, -0.15) is 0 Å². The molecule has 0 fully saturated rings. The van der Waals surface area contributed by atoms with Crippen LogP contribution >= 0.6 is 11.3 Å². The van der Waals surface area contributed by atoms with E-state index in [9.17, 15) is 5.11 Å². The van der Waals surface area contributed by atoms with Gasteiger partial charge >= 0.3 is 0 Å². The van der Waals surface area contributed by atoms with Crippen molar-refractivity contribution in [3.8, 4) is 0 Å². The van der Waals surface area contributed by atoms with Crippen molar-refractivity contribution in [2.75, 3.05) is 0 Å². The van der Waals surface area contributed by atoms with E-state index in [0.29, 0.717) is 6.54 Å². The zero-order chi connectivity index (χ0) is 13.2. The lowest BCUT2D eigenvalue weighted by atomic mass is 10.2. The van der Waals surface area contributed by atoms with Crippen LogP contribution in [0.15, 0.2) is 54.9 Å². The third-order valence-electron chi connectivity index (χ3n) is 3.21. The molecule has 0 aliphatic carbocycles. The third-order valence-corrected chi connectivity index (χ3v) is 4.43. The number of nitrogens with zero attached hydrogens (tertiary/aromatic N) is 1. The van der Waals surface area contributed by atoms with Crippen molar-refractivity contribution in [3.05, 3.63) is 65.3 Å². The van der Waals surface area contributed by atoms with Gasteiger partial charge in [-0.3, -0.25) is 0 Å². The molecule has 0 amide bonds. The Kier molecular flexibility index (Phi) is 3.32. The maximum atomic E-state index is 10.3. The van der Waals surface area contributed by atoms with Crippen molar-refractivity contribution in [2.45, 2.75) is 19.6 Å². The van der Waals surface area contributed by atoms with Gasteiger partial charge in [0.1, 0.15) is 6.10 Å². The molecule has 0 spiro atoms. The van der Waals surface area contributed by atoms with E-state index in [1.54, 1.807) is 11.3 Å². The Balaban J connectivity index is 1.83. The number of thiophene rings is 1. The Labute approximate surface area is 116 Å². The van der Waals surface area contributed by atoms with Crippen molar-refractivity contribution in [3.63, 3.8) is 0 Å². The molecule has 3 rings (SSSR count). The van der Waals surface area contributed by atoms with Crippen molar-refractivity contribution in [2.24, 2.45) is 0 Å². The Morgan fingerprint density at radius 1 is 1.16 bits per heavy atom. The predicted molar refractivity (Wildman–Crippen MR) is 78.2 cm³/mol. The molecule has 2 heterocycles. The van der Waals surface area contributed by atoms with Gasteiger partial charge in [0.2, 0.25) is 0 Å². The molecule has 0 aliphatic rings. The third kappa shape index (κ3) is 2.67. The molecule has 1 N–H and O–H groups in total. The molecule has 3 aromatic rings. The van der Waals surface area contributed by atoms with E-state index in [1.807, 2.05) is 29.1 Å². The smallest absolute Gasteiger partial charge is 0.179 e. The fraction of sp³-hybridized carbons (Fsp3) is 0.188. The minimum atomic E-state index is -0.454.